The van der Waals surface area contributed by atoms with Crippen LogP contribution in [0.15, 0.2) is 84.9 Å². The molecule has 1 heterocycles. The molecule has 0 N–H and O–H groups in total. The minimum absolute atomic E-state index is 0.0636. The maximum atomic E-state index is 12.8. The van der Waals surface area contributed by atoms with Crippen molar-refractivity contribution >= 4 is 6.08 Å². The van der Waals surface area contributed by atoms with E-state index in [0.717, 1.165) is 43.9 Å². The summed E-state index contributed by atoms with van der Waals surface area (Å²) >= 11 is 0. The van der Waals surface area contributed by atoms with E-state index in [1.807, 2.05) is 6.07 Å². The van der Waals surface area contributed by atoms with E-state index in [-0.39, 0.29) is 5.56 Å². The van der Waals surface area contributed by atoms with E-state index >= 15 is 0 Å². The zero-order valence-corrected chi connectivity index (χ0v) is 18.5. The number of hydrogen-bond donors (Lipinski definition) is 0. The van der Waals surface area contributed by atoms with E-state index in [0.29, 0.717) is 6.04 Å². The summed E-state index contributed by atoms with van der Waals surface area (Å²) in [5.74, 6) is 0. The number of benzene rings is 3. The van der Waals surface area contributed by atoms with Gasteiger partial charge in [-0.2, -0.15) is 0 Å². The summed E-state index contributed by atoms with van der Waals surface area (Å²) < 4.78 is 25.5. The Labute approximate surface area is 189 Å². The van der Waals surface area contributed by atoms with Gasteiger partial charge in [-0.25, -0.2) is 8.78 Å². The molecule has 1 saturated heterocycles. The van der Waals surface area contributed by atoms with E-state index in [1.54, 1.807) is 12.1 Å². The Kier molecular flexibility index (Phi) is 7.46. The Morgan fingerprint density at radius 3 is 1.88 bits per heavy atom. The second-order valence-corrected chi connectivity index (χ2v) is 8.37. The number of piperazine rings is 1. The number of halogens is 2. The number of alkyl halides is 2. The summed E-state index contributed by atoms with van der Waals surface area (Å²) in [5, 5.41) is 0. The molecule has 0 radical (unpaired) electrons. The molecule has 3 aromatic rings. The first-order chi connectivity index (χ1) is 15.6. The Balaban J connectivity index is 1.29. The van der Waals surface area contributed by atoms with E-state index in [9.17, 15) is 8.78 Å². The van der Waals surface area contributed by atoms with Crippen molar-refractivity contribution in [3.63, 3.8) is 0 Å². The molecule has 1 atom stereocenters. The van der Waals surface area contributed by atoms with Crippen molar-refractivity contribution in [2.75, 3.05) is 32.7 Å². The van der Waals surface area contributed by atoms with Crippen molar-refractivity contribution in [2.24, 2.45) is 0 Å². The molecule has 32 heavy (non-hydrogen) atoms. The SMILES string of the molecule is CC(c1ccc(-c2ccc(C(F)F)cc2)cc1)N1CCN(CC=Cc2ccccc2)CC1. The monoisotopic (exact) mass is 432 g/mol. The van der Waals surface area contributed by atoms with Gasteiger partial charge in [0.1, 0.15) is 0 Å². The van der Waals surface area contributed by atoms with E-state index in [1.165, 1.54) is 23.3 Å². The minimum Gasteiger partial charge on any atom is -0.297 e. The number of rotatable bonds is 7. The molecule has 0 amide bonds. The predicted molar refractivity (Wildman–Crippen MR) is 129 cm³/mol. The molecule has 2 nitrogen and oxygen atoms in total. The summed E-state index contributed by atoms with van der Waals surface area (Å²) in [6.45, 7) is 7.48. The van der Waals surface area contributed by atoms with E-state index in [4.69, 9.17) is 0 Å². The highest BCUT2D eigenvalue weighted by molar-refractivity contribution is 5.64. The fraction of sp³-hybridized carbons (Fsp3) is 0.286. The first kappa shape index (κ1) is 22.4. The van der Waals surface area contributed by atoms with Gasteiger partial charge in [0.15, 0.2) is 0 Å². The third-order valence-corrected chi connectivity index (χ3v) is 6.32. The highest BCUT2D eigenvalue weighted by Crippen LogP contribution is 2.27. The largest absolute Gasteiger partial charge is 0.297 e. The molecule has 0 bridgehead atoms. The van der Waals surface area contributed by atoms with Crippen LogP contribution in [-0.2, 0) is 0 Å². The van der Waals surface area contributed by atoms with Crippen LogP contribution in [-0.4, -0.2) is 42.5 Å². The van der Waals surface area contributed by atoms with Gasteiger partial charge in [0.05, 0.1) is 0 Å². The normalized spacial score (nSPS) is 16.6. The maximum Gasteiger partial charge on any atom is 0.263 e. The minimum atomic E-state index is -2.42. The molecule has 0 aromatic heterocycles. The molecule has 3 aromatic carbocycles. The maximum absolute atomic E-state index is 12.8. The van der Waals surface area contributed by atoms with Crippen LogP contribution in [0.3, 0.4) is 0 Å². The summed E-state index contributed by atoms with van der Waals surface area (Å²) in [5.41, 5.74) is 4.61. The molecule has 0 saturated carbocycles. The van der Waals surface area contributed by atoms with Crippen molar-refractivity contribution in [2.45, 2.75) is 19.4 Å². The molecule has 0 aliphatic carbocycles. The van der Waals surface area contributed by atoms with Crippen LogP contribution in [0.25, 0.3) is 17.2 Å². The summed E-state index contributed by atoms with van der Waals surface area (Å²) in [6.07, 6.45) is 2.02. The van der Waals surface area contributed by atoms with Crippen LogP contribution < -0.4 is 0 Å². The Morgan fingerprint density at radius 2 is 1.31 bits per heavy atom. The molecular weight excluding hydrogens is 402 g/mol. The third-order valence-electron chi connectivity index (χ3n) is 6.32. The summed E-state index contributed by atoms with van der Waals surface area (Å²) in [7, 11) is 0. The lowest BCUT2D eigenvalue weighted by Gasteiger charge is -2.38. The smallest absolute Gasteiger partial charge is 0.263 e. The van der Waals surface area contributed by atoms with Gasteiger partial charge in [0.2, 0.25) is 0 Å². The summed E-state index contributed by atoms with van der Waals surface area (Å²) in [4.78, 5) is 5.03. The fourth-order valence-corrected chi connectivity index (χ4v) is 4.22. The van der Waals surface area contributed by atoms with Crippen molar-refractivity contribution in [1.82, 2.24) is 9.80 Å². The lowest BCUT2D eigenvalue weighted by molar-refractivity contribution is 0.110. The first-order valence-electron chi connectivity index (χ1n) is 11.3. The van der Waals surface area contributed by atoms with Gasteiger partial charge in [0, 0.05) is 44.3 Å². The Hall–Kier alpha value is -2.82. The lowest BCUT2D eigenvalue weighted by atomic mass is 9.99. The second-order valence-electron chi connectivity index (χ2n) is 8.37. The van der Waals surface area contributed by atoms with E-state index < -0.39 is 6.43 Å². The quantitative estimate of drug-likeness (QED) is 0.411. The van der Waals surface area contributed by atoms with Gasteiger partial charge in [-0.3, -0.25) is 9.80 Å². The highest BCUT2D eigenvalue weighted by Gasteiger charge is 2.21. The van der Waals surface area contributed by atoms with Crippen molar-refractivity contribution in [1.29, 1.82) is 0 Å². The molecule has 4 heteroatoms. The molecule has 4 rings (SSSR count). The van der Waals surface area contributed by atoms with Crippen LogP contribution >= 0.6 is 0 Å². The predicted octanol–water partition coefficient (Wildman–Crippen LogP) is 6.68. The highest BCUT2D eigenvalue weighted by atomic mass is 19.3. The first-order valence-corrected chi connectivity index (χ1v) is 11.3. The molecule has 0 spiro atoms. The van der Waals surface area contributed by atoms with Crippen LogP contribution in [0.5, 0.6) is 0 Å². The fourth-order valence-electron chi connectivity index (χ4n) is 4.22. The van der Waals surface area contributed by atoms with Gasteiger partial charge in [-0.05, 0) is 29.2 Å². The average Bonchev–Trinajstić information content (AvgIpc) is 2.85. The van der Waals surface area contributed by atoms with E-state index in [2.05, 4.69) is 77.4 Å². The molecule has 1 unspecified atom stereocenters. The van der Waals surface area contributed by atoms with Gasteiger partial charge in [-0.15, -0.1) is 0 Å². The molecule has 1 aliphatic rings. The number of nitrogens with zero attached hydrogens (tertiary/aromatic N) is 2. The standard InChI is InChI=1S/C28H30F2N2/c1-22(24-9-11-25(12-10-24)26-13-15-27(16-14-26)28(29)30)32-20-18-31(19-21-32)17-5-8-23-6-3-2-4-7-23/h2-16,22,28H,17-21H2,1H3. The Morgan fingerprint density at radius 1 is 0.750 bits per heavy atom. The average molecular weight is 433 g/mol. The molecule has 166 valence electrons. The third kappa shape index (κ3) is 5.70. The van der Waals surface area contributed by atoms with Crippen LogP contribution in [0.1, 0.15) is 36.1 Å². The summed E-state index contributed by atoms with van der Waals surface area (Å²) in [6, 6.07) is 25.8. The van der Waals surface area contributed by atoms with Crippen LogP contribution in [0, 0.1) is 0 Å². The van der Waals surface area contributed by atoms with Crippen molar-refractivity contribution in [3.8, 4) is 11.1 Å². The zero-order valence-electron chi connectivity index (χ0n) is 18.5. The zero-order chi connectivity index (χ0) is 22.3. The van der Waals surface area contributed by atoms with Crippen LogP contribution in [0.2, 0.25) is 0 Å². The van der Waals surface area contributed by atoms with Gasteiger partial charge < -0.3 is 0 Å². The molecule has 1 aliphatic heterocycles. The van der Waals surface area contributed by atoms with Gasteiger partial charge in [-0.1, -0.05) is 91.0 Å². The topological polar surface area (TPSA) is 6.48 Å². The van der Waals surface area contributed by atoms with Gasteiger partial charge in [0.25, 0.3) is 6.43 Å². The molecule has 1 fully saturated rings. The van der Waals surface area contributed by atoms with Crippen LogP contribution in [0.4, 0.5) is 8.78 Å². The van der Waals surface area contributed by atoms with Crippen molar-refractivity contribution in [3.05, 3.63) is 102 Å². The molecular formula is C28H30F2N2. The number of hydrogen-bond acceptors (Lipinski definition) is 2. The van der Waals surface area contributed by atoms with Gasteiger partial charge >= 0.3 is 0 Å². The second kappa shape index (κ2) is 10.7. The Bertz CT molecular complexity index is 990. The van der Waals surface area contributed by atoms with Crippen molar-refractivity contribution < 1.29 is 8.78 Å². The lowest BCUT2D eigenvalue weighted by Crippen LogP contribution is -2.47.